The van der Waals surface area contributed by atoms with Crippen molar-refractivity contribution in [2.24, 2.45) is 0 Å². The van der Waals surface area contributed by atoms with Gasteiger partial charge in [-0.2, -0.15) is 0 Å². The number of hydrogen-bond acceptors (Lipinski definition) is 4. The van der Waals surface area contributed by atoms with E-state index in [1.54, 1.807) is 0 Å². The second-order valence-electron chi connectivity index (χ2n) is 3.55. The van der Waals surface area contributed by atoms with E-state index in [9.17, 15) is 4.79 Å². The minimum atomic E-state index is 0.0211. The Morgan fingerprint density at radius 1 is 1.50 bits per heavy atom. The predicted molar refractivity (Wildman–Crippen MR) is 49.3 cm³/mol. The molecule has 0 unspecified atom stereocenters. The standard InChI is InChI=1S/C10H13NO3/c1-7(12)9-6-11-14-10(9)8-2-4-13-5-3-8/h6,8H,2-5H2,1H3. The van der Waals surface area contributed by atoms with Gasteiger partial charge in [-0.05, 0) is 19.8 Å². The second kappa shape index (κ2) is 3.92. The van der Waals surface area contributed by atoms with Gasteiger partial charge >= 0.3 is 0 Å². The van der Waals surface area contributed by atoms with Crippen LogP contribution in [0.5, 0.6) is 0 Å². The Balaban J connectivity index is 2.21. The first kappa shape index (κ1) is 9.40. The molecule has 1 aliphatic rings. The summed E-state index contributed by atoms with van der Waals surface area (Å²) in [6, 6.07) is 0. The van der Waals surface area contributed by atoms with Crippen LogP contribution in [0.15, 0.2) is 10.7 Å². The van der Waals surface area contributed by atoms with E-state index in [-0.39, 0.29) is 5.78 Å². The molecule has 14 heavy (non-hydrogen) atoms. The third-order valence-electron chi connectivity index (χ3n) is 2.57. The lowest BCUT2D eigenvalue weighted by molar-refractivity contribution is 0.0783. The Hall–Kier alpha value is -1.16. The molecule has 1 saturated heterocycles. The van der Waals surface area contributed by atoms with Crippen molar-refractivity contribution >= 4 is 5.78 Å². The van der Waals surface area contributed by atoms with Gasteiger partial charge in [0.05, 0.1) is 11.8 Å². The van der Waals surface area contributed by atoms with Gasteiger partial charge in [0.15, 0.2) is 11.5 Å². The van der Waals surface area contributed by atoms with Gasteiger partial charge in [0.1, 0.15) is 0 Å². The number of carbonyl (C=O) groups excluding carboxylic acids is 1. The first-order valence-electron chi connectivity index (χ1n) is 4.82. The molecule has 2 rings (SSSR count). The maximum atomic E-state index is 11.2. The minimum Gasteiger partial charge on any atom is -0.381 e. The molecule has 0 amide bonds. The molecule has 0 radical (unpaired) electrons. The largest absolute Gasteiger partial charge is 0.381 e. The van der Waals surface area contributed by atoms with Gasteiger partial charge in [0.25, 0.3) is 0 Å². The van der Waals surface area contributed by atoms with Crippen molar-refractivity contribution in [2.45, 2.75) is 25.7 Å². The Kier molecular flexibility index (Phi) is 2.63. The molecule has 1 aromatic heterocycles. The summed E-state index contributed by atoms with van der Waals surface area (Å²) in [6.07, 6.45) is 3.33. The fraction of sp³-hybridized carbons (Fsp3) is 0.600. The van der Waals surface area contributed by atoms with Gasteiger partial charge < -0.3 is 9.26 Å². The zero-order valence-corrected chi connectivity index (χ0v) is 8.16. The molecular weight excluding hydrogens is 182 g/mol. The summed E-state index contributed by atoms with van der Waals surface area (Å²) in [5.41, 5.74) is 0.622. The zero-order chi connectivity index (χ0) is 9.97. The van der Waals surface area contributed by atoms with Crippen LogP contribution in [0.3, 0.4) is 0 Å². The van der Waals surface area contributed by atoms with E-state index in [4.69, 9.17) is 9.26 Å². The van der Waals surface area contributed by atoms with Crippen LogP contribution in [0.25, 0.3) is 0 Å². The summed E-state index contributed by atoms with van der Waals surface area (Å²) in [5, 5.41) is 3.68. The van der Waals surface area contributed by atoms with E-state index in [1.165, 1.54) is 13.1 Å². The lowest BCUT2D eigenvalue weighted by Crippen LogP contribution is -2.15. The number of ketones is 1. The molecule has 0 bridgehead atoms. The van der Waals surface area contributed by atoms with E-state index < -0.39 is 0 Å². The molecule has 0 saturated carbocycles. The van der Waals surface area contributed by atoms with Crippen LogP contribution in [0.2, 0.25) is 0 Å². The first-order valence-corrected chi connectivity index (χ1v) is 4.82. The van der Waals surface area contributed by atoms with E-state index in [0.717, 1.165) is 31.8 Å². The van der Waals surface area contributed by atoms with Gasteiger partial charge in [0.2, 0.25) is 0 Å². The number of Topliss-reactive ketones (excluding diaryl/α,β-unsaturated/α-hetero) is 1. The molecule has 76 valence electrons. The molecule has 0 N–H and O–H groups in total. The summed E-state index contributed by atoms with van der Waals surface area (Å²) in [7, 11) is 0. The third-order valence-corrected chi connectivity index (χ3v) is 2.57. The van der Waals surface area contributed by atoms with Crippen LogP contribution in [0.1, 0.15) is 41.8 Å². The monoisotopic (exact) mass is 195 g/mol. The van der Waals surface area contributed by atoms with Crippen molar-refractivity contribution in [3.05, 3.63) is 17.5 Å². The molecule has 1 aromatic rings. The van der Waals surface area contributed by atoms with Crippen LogP contribution < -0.4 is 0 Å². The maximum absolute atomic E-state index is 11.2. The van der Waals surface area contributed by atoms with Gasteiger partial charge in [-0.1, -0.05) is 5.16 Å². The molecule has 0 spiro atoms. The van der Waals surface area contributed by atoms with Gasteiger partial charge in [-0.3, -0.25) is 4.79 Å². The van der Waals surface area contributed by atoms with E-state index >= 15 is 0 Å². The number of carbonyl (C=O) groups is 1. The minimum absolute atomic E-state index is 0.0211. The molecule has 1 aliphatic heterocycles. The lowest BCUT2D eigenvalue weighted by atomic mass is 9.94. The molecular formula is C10H13NO3. The third kappa shape index (κ3) is 1.70. The Morgan fingerprint density at radius 3 is 2.86 bits per heavy atom. The van der Waals surface area contributed by atoms with E-state index in [0.29, 0.717) is 11.5 Å². The number of aromatic nitrogens is 1. The average molecular weight is 195 g/mol. The van der Waals surface area contributed by atoms with Crippen molar-refractivity contribution in [3.63, 3.8) is 0 Å². The fourth-order valence-corrected chi connectivity index (χ4v) is 1.77. The Bertz CT molecular complexity index is 326. The van der Waals surface area contributed by atoms with Gasteiger partial charge in [0, 0.05) is 19.1 Å². The zero-order valence-electron chi connectivity index (χ0n) is 8.16. The van der Waals surface area contributed by atoms with Gasteiger partial charge in [-0.25, -0.2) is 0 Å². The quantitative estimate of drug-likeness (QED) is 0.675. The fourth-order valence-electron chi connectivity index (χ4n) is 1.77. The van der Waals surface area contributed by atoms with Crippen molar-refractivity contribution in [2.75, 3.05) is 13.2 Å². The number of rotatable bonds is 2. The summed E-state index contributed by atoms with van der Waals surface area (Å²) < 4.78 is 10.4. The number of ether oxygens (including phenoxy) is 1. The molecule has 1 fully saturated rings. The lowest BCUT2D eigenvalue weighted by Gasteiger charge is -2.19. The second-order valence-corrected chi connectivity index (χ2v) is 3.55. The summed E-state index contributed by atoms with van der Waals surface area (Å²) in [5.74, 6) is 1.05. The van der Waals surface area contributed by atoms with Gasteiger partial charge in [-0.15, -0.1) is 0 Å². The SMILES string of the molecule is CC(=O)c1cnoc1C1CCOCC1. The number of hydrogen-bond donors (Lipinski definition) is 0. The van der Waals surface area contributed by atoms with E-state index in [1.807, 2.05) is 0 Å². The van der Waals surface area contributed by atoms with Crippen molar-refractivity contribution in [3.8, 4) is 0 Å². The van der Waals surface area contributed by atoms with Crippen LogP contribution >= 0.6 is 0 Å². The van der Waals surface area contributed by atoms with Crippen molar-refractivity contribution in [1.82, 2.24) is 5.16 Å². The average Bonchev–Trinajstić information content (AvgIpc) is 2.67. The van der Waals surface area contributed by atoms with Crippen LogP contribution in [0.4, 0.5) is 0 Å². The summed E-state index contributed by atoms with van der Waals surface area (Å²) in [6.45, 7) is 3.01. The Labute approximate surface area is 82.2 Å². The number of nitrogens with zero attached hydrogens (tertiary/aromatic N) is 1. The van der Waals surface area contributed by atoms with Crippen LogP contribution in [0, 0.1) is 0 Å². The smallest absolute Gasteiger partial charge is 0.164 e. The van der Waals surface area contributed by atoms with E-state index in [2.05, 4.69) is 5.16 Å². The molecule has 0 atom stereocenters. The highest BCUT2D eigenvalue weighted by Gasteiger charge is 2.24. The molecule has 4 heteroatoms. The first-order chi connectivity index (χ1) is 6.79. The molecule has 4 nitrogen and oxygen atoms in total. The van der Waals surface area contributed by atoms with Crippen LogP contribution in [-0.4, -0.2) is 24.2 Å². The van der Waals surface area contributed by atoms with Crippen LogP contribution in [-0.2, 0) is 4.74 Å². The topological polar surface area (TPSA) is 52.3 Å². The summed E-state index contributed by atoms with van der Waals surface area (Å²) >= 11 is 0. The molecule has 0 aromatic carbocycles. The highest BCUT2D eigenvalue weighted by molar-refractivity contribution is 5.94. The highest BCUT2D eigenvalue weighted by atomic mass is 16.5. The maximum Gasteiger partial charge on any atom is 0.164 e. The predicted octanol–water partition coefficient (Wildman–Crippen LogP) is 1.77. The Morgan fingerprint density at radius 2 is 2.21 bits per heavy atom. The highest BCUT2D eigenvalue weighted by Crippen LogP contribution is 2.29. The molecule has 0 aliphatic carbocycles. The van der Waals surface area contributed by atoms with Crippen molar-refractivity contribution in [1.29, 1.82) is 0 Å². The molecule has 2 heterocycles. The summed E-state index contributed by atoms with van der Waals surface area (Å²) in [4.78, 5) is 11.2. The normalized spacial score (nSPS) is 18.4. The van der Waals surface area contributed by atoms with Crippen molar-refractivity contribution < 1.29 is 14.1 Å².